The molecule has 2 fully saturated rings. The number of nitrogens with zero attached hydrogens (tertiary/aromatic N) is 1. The minimum absolute atomic E-state index is 0. The molecule has 0 bridgehead atoms. The Balaban J connectivity index is 0.000000226. The molecule has 0 aliphatic heterocycles. The van der Waals surface area contributed by atoms with E-state index in [0.29, 0.717) is 11.3 Å². The van der Waals surface area contributed by atoms with Crippen LogP contribution in [-0.2, 0) is 24.9 Å². The Morgan fingerprint density at radius 3 is 1.90 bits per heavy atom. The van der Waals surface area contributed by atoms with E-state index in [9.17, 15) is 9.90 Å². The van der Waals surface area contributed by atoms with Crippen molar-refractivity contribution in [2.75, 3.05) is 0 Å². The fourth-order valence-electron chi connectivity index (χ4n) is 7.59. The molecule has 2 aliphatic rings. The van der Waals surface area contributed by atoms with Crippen molar-refractivity contribution < 1.29 is 30.0 Å². The fourth-order valence-corrected chi connectivity index (χ4v) is 8.75. The van der Waals surface area contributed by atoms with Crippen molar-refractivity contribution in [1.29, 1.82) is 0 Å². The van der Waals surface area contributed by atoms with E-state index in [0.717, 1.165) is 42.5 Å². The Kier molecular flexibility index (Phi) is 13.4. The van der Waals surface area contributed by atoms with E-state index in [1.807, 2.05) is 19.1 Å². The molecule has 2 saturated carbocycles. The van der Waals surface area contributed by atoms with Gasteiger partial charge in [0.15, 0.2) is 5.78 Å². The third kappa shape index (κ3) is 9.63. The number of carbonyl (C=O) groups excluding carboxylic acids is 1. The second kappa shape index (κ2) is 17.7. The number of hydrogen-bond acceptors (Lipinski definition) is 3. The van der Waals surface area contributed by atoms with Gasteiger partial charge in [-0.25, -0.2) is 0 Å². The molecule has 1 N–H and O–H groups in total. The molecule has 5 aromatic rings. The molecule has 51 heavy (non-hydrogen) atoms. The van der Waals surface area contributed by atoms with E-state index in [-0.39, 0.29) is 37.7 Å². The minimum atomic E-state index is -1.43. The molecule has 4 aromatic carbocycles. The third-order valence-electron chi connectivity index (χ3n) is 10.7. The topological polar surface area (TPSA) is 50.2 Å². The van der Waals surface area contributed by atoms with Crippen molar-refractivity contribution in [2.45, 2.75) is 90.8 Å². The third-order valence-corrected chi connectivity index (χ3v) is 12.7. The maximum Gasteiger partial charge on any atom is 0.164 e. The first-order valence-electron chi connectivity index (χ1n) is 18.7. The molecular formula is C46H52IrNO2Si-. The van der Waals surface area contributed by atoms with Crippen LogP contribution in [0.25, 0.3) is 44.4 Å². The first-order chi connectivity index (χ1) is 24.2. The van der Waals surface area contributed by atoms with E-state index < -0.39 is 8.07 Å². The zero-order chi connectivity index (χ0) is 35.1. The number of pyridine rings is 1. The summed E-state index contributed by atoms with van der Waals surface area (Å²) in [7, 11) is -1.43. The summed E-state index contributed by atoms with van der Waals surface area (Å²) in [4.78, 5) is 17.4. The Bertz CT molecular complexity index is 1940. The second-order valence-electron chi connectivity index (χ2n) is 15.3. The number of carbonyl (C=O) groups is 1. The van der Waals surface area contributed by atoms with Gasteiger partial charge in [0.1, 0.15) is 5.76 Å². The van der Waals surface area contributed by atoms with Crippen molar-refractivity contribution in [2.24, 2.45) is 11.8 Å². The molecule has 3 nitrogen and oxygen atoms in total. The predicted octanol–water partition coefficient (Wildman–Crippen LogP) is 12.1. The fraction of sp³-hybridized carbons (Fsp3) is 0.348. The van der Waals surface area contributed by atoms with Crippen molar-refractivity contribution in [3.63, 3.8) is 0 Å². The SMILES string of the molecule is C/C(C(=O)C1CCCCC1)=C(/O)C1CCCCC1.C[Si](C)(C)c1ccc2nc(-c3[c-]ccc(-c4ccccc4)c3)cc(-c3ccccc3)c2c1.[Ir]. The van der Waals surface area contributed by atoms with Crippen LogP contribution in [0, 0.1) is 17.9 Å². The van der Waals surface area contributed by atoms with Gasteiger partial charge in [-0.05, 0) is 61.1 Å². The first kappa shape index (κ1) is 38.6. The van der Waals surface area contributed by atoms with Gasteiger partial charge in [0.2, 0.25) is 0 Å². The number of fused-ring (bicyclic) bond motifs is 1. The Morgan fingerprint density at radius 1 is 0.706 bits per heavy atom. The largest absolute Gasteiger partial charge is 0.512 e. The summed E-state index contributed by atoms with van der Waals surface area (Å²) in [6, 6.07) is 39.9. The zero-order valence-corrected chi connectivity index (χ0v) is 34.1. The average Bonchev–Trinajstić information content (AvgIpc) is 3.17. The summed E-state index contributed by atoms with van der Waals surface area (Å²) >= 11 is 0. The maximum absolute atomic E-state index is 12.4. The van der Waals surface area contributed by atoms with Crippen LogP contribution < -0.4 is 5.19 Å². The summed E-state index contributed by atoms with van der Waals surface area (Å²) in [5.74, 6) is 1.07. The van der Waals surface area contributed by atoms with E-state index in [1.54, 1.807) is 0 Å². The van der Waals surface area contributed by atoms with E-state index in [1.165, 1.54) is 71.4 Å². The molecule has 0 amide bonds. The minimum Gasteiger partial charge on any atom is -0.512 e. The normalized spacial score (nSPS) is 16.0. The standard InChI is InChI=1S/C30H26NSi.C16H26O2.Ir/c1-32(2,3)26-17-18-29-28(20-26)27(23-13-8-5-9-14-23)21-30(31-29)25-16-10-15-24(19-25)22-11-6-4-7-12-22;1-12(15(17)13-8-4-2-5-9-13)16(18)14-10-6-3-7-11-14;/h4-15,17-21H,1-3H3;13-14,17H,2-11H2,1H3;/q-1;;/b;15-12-;. The van der Waals surface area contributed by atoms with Crippen molar-refractivity contribution in [3.8, 4) is 33.5 Å². The van der Waals surface area contributed by atoms with Crippen LogP contribution in [0.3, 0.4) is 0 Å². The average molecular weight is 871 g/mol. The van der Waals surface area contributed by atoms with Gasteiger partial charge in [0.25, 0.3) is 0 Å². The molecule has 1 aromatic heterocycles. The molecule has 0 saturated heterocycles. The monoisotopic (exact) mass is 871 g/mol. The Hall–Kier alpha value is -3.63. The van der Waals surface area contributed by atoms with Gasteiger partial charge < -0.3 is 5.11 Å². The number of allylic oxidation sites excluding steroid dienone is 2. The summed E-state index contributed by atoms with van der Waals surface area (Å²) in [5.41, 5.74) is 8.48. The zero-order valence-electron chi connectivity index (χ0n) is 30.7. The van der Waals surface area contributed by atoms with Gasteiger partial charge in [-0.2, -0.15) is 0 Å². The molecule has 0 unspecified atom stereocenters. The van der Waals surface area contributed by atoms with Crippen LogP contribution in [0.15, 0.2) is 114 Å². The predicted molar refractivity (Wildman–Crippen MR) is 213 cm³/mol. The Morgan fingerprint density at radius 2 is 1.29 bits per heavy atom. The Labute approximate surface area is 320 Å². The quantitative estimate of drug-likeness (QED) is 0.0767. The molecule has 0 spiro atoms. The number of benzene rings is 4. The van der Waals surface area contributed by atoms with Gasteiger partial charge in [0, 0.05) is 42.9 Å². The molecule has 1 heterocycles. The number of aromatic nitrogens is 1. The number of hydrogen-bond donors (Lipinski definition) is 1. The summed E-state index contributed by atoms with van der Waals surface area (Å²) in [6.45, 7) is 9.01. The molecule has 1 radical (unpaired) electrons. The molecule has 2 aliphatic carbocycles. The van der Waals surface area contributed by atoms with Gasteiger partial charge in [-0.1, -0.05) is 142 Å². The number of aliphatic hydroxyl groups is 1. The number of rotatable bonds is 7. The summed E-state index contributed by atoms with van der Waals surface area (Å²) in [5, 5.41) is 13.0. The number of aliphatic hydroxyl groups excluding tert-OH is 1. The summed E-state index contributed by atoms with van der Waals surface area (Å²) in [6.07, 6.45) is 11.4. The molecule has 7 rings (SSSR count). The van der Waals surface area contributed by atoms with E-state index in [4.69, 9.17) is 4.98 Å². The maximum atomic E-state index is 12.4. The molecular weight excluding hydrogens is 819 g/mol. The van der Waals surface area contributed by atoms with E-state index in [2.05, 4.69) is 117 Å². The van der Waals surface area contributed by atoms with Gasteiger partial charge in [0.05, 0.1) is 13.6 Å². The van der Waals surface area contributed by atoms with Crippen LogP contribution in [-0.4, -0.2) is 23.9 Å². The number of Topliss-reactive ketones (excluding diaryl/α,β-unsaturated/α-hetero) is 1. The van der Waals surface area contributed by atoms with Crippen LogP contribution in [0.5, 0.6) is 0 Å². The van der Waals surface area contributed by atoms with Gasteiger partial charge >= 0.3 is 0 Å². The molecule has 5 heteroatoms. The van der Waals surface area contributed by atoms with Crippen LogP contribution >= 0.6 is 0 Å². The summed E-state index contributed by atoms with van der Waals surface area (Å²) < 4.78 is 0. The first-order valence-corrected chi connectivity index (χ1v) is 22.2. The van der Waals surface area contributed by atoms with Crippen LogP contribution in [0.1, 0.15) is 71.1 Å². The van der Waals surface area contributed by atoms with Crippen molar-refractivity contribution in [1.82, 2.24) is 4.98 Å². The van der Waals surface area contributed by atoms with Gasteiger partial charge in [-0.3, -0.25) is 9.78 Å². The smallest absolute Gasteiger partial charge is 0.164 e. The van der Waals surface area contributed by atoms with E-state index >= 15 is 0 Å². The van der Waals surface area contributed by atoms with Crippen LogP contribution in [0.4, 0.5) is 0 Å². The van der Waals surface area contributed by atoms with Gasteiger partial charge in [-0.15, -0.1) is 35.4 Å². The van der Waals surface area contributed by atoms with Crippen LogP contribution in [0.2, 0.25) is 19.6 Å². The number of ketones is 1. The molecule has 0 atom stereocenters. The van der Waals surface area contributed by atoms with Crippen molar-refractivity contribution in [3.05, 3.63) is 121 Å². The second-order valence-corrected chi connectivity index (χ2v) is 20.4. The molecule has 267 valence electrons. The van der Waals surface area contributed by atoms with Crippen molar-refractivity contribution >= 4 is 29.9 Å².